The van der Waals surface area contributed by atoms with Gasteiger partial charge in [-0.3, -0.25) is 8.42 Å². The van der Waals surface area contributed by atoms with Gasteiger partial charge in [0.25, 0.3) is 0 Å². The molecule has 0 fully saturated rings. The molecule has 1 rings (SSSR count). The van der Waals surface area contributed by atoms with Crippen molar-refractivity contribution in [2.24, 2.45) is 5.73 Å². The quantitative estimate of drug-likeness (QED) is 0.131. The maximum atomic E-state index is 9.77. The number of carbonyl (C=O) groups is 2. The minimum Gasteiger partial charge on any atom is -0.759 e. The molecule has 0 heterocycles. The summed E-state index contributed by atoms with van der Waals surface area (Å²) in [6.07, 6.45) is -5.24. The van der Waals surface area contributed by atoms with Crippen LogP contribution in [0.1, 0.15) is 18.6 Å². The van der Waals surface area contributed by atoms with E-state index in [9.17, 15) is 14.7 Å². The van der Waals surface area contributed by atoms with E-state index in [0.717, 1.165) is 0 Å². The molecule has 1 aromatic carbocycles. The third-order valence-corrected chi connectivity index (χ3v) is 2.51. The Morgan fingerprint density at radius 1 is 1.04 bits per heavy atom. The number of aliphatic carboxylic acids is 2. The number of phenolic OH excluding ortho intramolecular Hbond substituents is 1. The minimum absolute atomic E-state index is 0. The zero-order valence-electron chi connectivity index (χ0n) is 14.1. The SMILES string of the molecule is C[C@H](N)[C@H](O)c1cccc(O)c1.O=C(O)[C@H](O)[C@@H](O)C(=O)O.O=S(=O)([O-])[O-].[Ni+2]. The van der Waals surface area contributed by atoms with Crippen molar-refractivity contribution in [2.75, 3.05) is 0 Å². The molecule has 4 atom stereocenters. The van der Waals surface area contributed by atoms with Crippen LogP contribution in [0.2, 0.25) is 0 Å². The summed E-state index contributed by atoms with van der Waals surface area (Å²) in [4.78, 5) is 19.5. The third kappa shape index (κ3) is 16.3. The fourth-order valence-electron chi connectivity index (χ4n) is 1.28. The third-order valence-electron chi connectivity index (χ3n) is 2.51. The summed E-state index contributed by atoms with van der Waals surface area (Å²) < 4.78 is 34.1. The van der Waals surface area contributed by atoms with Crippen LogP contribution in [0.15, 0.2) is 24.3 Å². The summed E-state index contributed by atoms with van der Waals surface area (Å²) in [6.45, 7) is 1.72. The maximum Gasteiger partial charge on any atom is 2.00 e. The van der Waals surface area contributed by atoms with Gasteiger partial charge in [0, 0.05) is 16.4 Å². The maximum absolute atomic E-state index is 9.77. The number of aromatic hydroxyl groups is 1. The van der Waals surface area contributed by atoms with E-state index in [1.807, 2.05) is 0 Å². The number of benzene rings is 1. The van der Waals surface area contributed by atoms with Gasteiger partial charge in [0.15, 0.2) is 12.2 Å². The molecule has 8 N–H and O–H groups in total. The van der Waals surface area contributed by atoms with Gasteiger partial charge in [-0.15, -0.1) is 0 Å². The predicted octanol–water partition coefficient (Wildman–Crippen LogP) is -2.69. The van der Waals surface area contributed by atoms with Crippen LogP contribution in [0.4, 0.5) is 0 Å². The van der Waals surface area contributed by atoms with E-state index >= 15 is 0 Å². The Morgan fingerprint density at radius 2 is 1.39 bits per heavy atom. The molecule has 0 aliphatic heterocycles. The first kappa shape index (κ1) is 30.9. The molecule has 0 bridgehead atoms. The van der Waals surface area contributed by atoms with E-state index in [-0.39, 0.29) is 28.3 Å². The Balaban J connectivity index is -0.000000356. The van der Waals surface area contributed by atoms with Crippen LogP contribution >= 0.6 is 0 Å². The normalized spacial score (nSPS) is 14.4. The average molecular weight is 472 g/mol. The summed E-state index contributed by atoms with van der Waals surface area (Å²) in [6, 6.07) is 6.14. The van der Waals surface area contributed by atoms with Gasteiger partial charge in [0.2, 0.25) is 0 Å². The number of aliphatic hydroxyl groups is 3. The van der Waals surface area contributed by atoms with Crippen LogP contribution < -0.4 is 5.73 Å². The molecule has 0 amide bonds. The minimum atomic E-state index is -5.17. The molecule has 164 valence electrons. The molecule has 0 aromatic heterocycles. The van der Waals surface area contributed by atoms with Gasteiger partial charge >= 0.3 is 28.4 Å². The molecule has 0 aliphatic rings. The molecule has 0 spiro atoms. The van der Waals surface area contributed by atoms with E-state index in [2.05, 4.69) is 0 Å². The van der Waals surface area contributed by atoms with Gasteiger partial charge in [-0.05, 0) is 24.6 Å². The van der Waals surface area contributed by atoms with E-state index < -0.39 is 40.6 Å². The molecule has 0 saturated heterocycles. The van der Waals surface area contributed by atoms with Gasteiger partial charge < -0.3 is 45.5 Å². The second-order valence-electron chi connectivity index (χ2n) is 4.87. The summed E-state index contributed by atoms with van der Waals surface area (Å²) in [5.74, 6) is -3.39. The Morgan fingerprint density at radius 3 is 1.64 bits per heavy atom. The number of nitrogens with two attached hydrogens (primary N) is 1. The zero-order valence-corrected chi connectivity index (χ0v) is 15.9. The van der Waals surface area contributed by atoms with Crippen molar-refractivity contribution in [1.29, 1.82) is 0 Å². The van der Waals surface area contributed by atoms with Crippen LogP contribution in [0, 0.1) is 0 Å². The van der Waals surface area contributed by atoms with Crippen LogP contribution in [-0.2, 0) is 36.5 Å². The molecule has 28 heavy (non-hydrogen) atoms. The van der Waals surface area contributed by atoms with E-state index in [4.69, 9.17) is 48.8 Å². The van der Waals surface area contributed by atoms with Crippen molar-refractivity contribution in [2.45, 2.75) is 31.3 Å². The molecular weight excluding hydrogens is 453 g/mol. The van der Waals surface area contributed by atoms with Crippen LogP contribution in [0.25, 0.3) is 0 Å². The van der Waals surface area contributed by atoms with Crippen molar-refractivity contribution in [3.8, 4) is 5.75 Å². The molecule has 0 unspecified atom stereocenters. The molecular formula is C13H19NNiO12S. The van der Waals surface area contributed by atoms with Crippen molar-refractivity contribution >= 4 is 22.3 Å². The molecule has 13 nitrogen and oxygen atoms in total. The first-order valence-electron chi connectivity index (χ1n) is 6.79. The van der Waals surface area contributed by atoms with Gasteiger partial charge in [-0.2, -0.15) is 0 Å². The summed E-state index contributed by atoms with van der Waals surface area (Å²) in [5, 5.41) is 51.1. The average Bonchev–Trinajstić information content (AvgIpc) is 2.51. The summed E-state index contributed by atoms with van der Waals surface area (Å²) in [7, 11) is -5.17. The first-order chi connectivity index (χ1) is 12.1. The Labute approximate surface area is 169 Å². The first-order valence-corrected chi connectivity index (χ1v) is 8.12. The number of phenols is 1. The molecule has 0 saturated carbocycles. The van der Waals surface area contributed by atoms with Crippen molar-refractivity contribution in [3.05, 3.63) is 29.8 Å². The molecule has 0 aliphatic carbocycles. The fourth-order valence-corrected chi connectivity index (χ4v) is 1.28. The van der Waals surface area contributed by atoms with Gasteiger partial charge in [0.05, 0.1) is 6.10 Å². The van der Waals surface area contributed by atoms with E-state index in [0.29, 0.717) is 5.56 Å². The second kappa shape index (κ2) is 14.2. The van der Waals surface area contributed by atoms with Crippen molar-refractivity contribution < 1.29 is 74.2 Å². The number of rotatable bonds is 5. The number of carboxylic acid groups (broad SMARTS) is 2. The number of aliphatic hydroxyl groups excluding tert-OH is 3. The second-order valence-corrected chi connectivity index (χ2v) is 5.69. The summed E-state index contributed by atoms with van der Waals surface area (Å²) >= 11 is 0. The van der Waals surface area contributed by atoms with E-state index in [1.54, 1.807) is 25.1 Å². The summed E-state index contributed by atoms with van der Waals surface area (Å²) in [5.41, 5.74) is 6.13. The Hall–Kier alpha value is -1.84. The van der Waals surface area contributed by atoms with E-state index in [1.165, 1.54) is 6.07 Å². The largest absolute Gasteiger partial charge is 2.00 e. The number of hydrogen-bond acceptors (Lipinski definition) is 11. The van der Waals surface area contributed by atoms with Gasteiger partial charge in [-0.25, -0.2) is 9.59 Å². The monoisotopic (exact) mass is 471 g/mol. The number of hydrogen-bond donors (Lipinski definition) is 7. The van der Waals surface area contributed by atoms with Crippen molar-refractivity contribution in [3.63, 3.8) is 0 Å². The molecule has 0 radical (unpaired) electrons. The Bertz CT molecular complexity index is 685. The van der Waals surface area contributed by atoms with Crippen molar-refractivity contribution in [1.82, 2.24) is 0 Å². The predicted molar refractivity (Wildman–Crippen MR) is 84.5 cm³/mol. The fraction of sp³-hybridized carbons (Fsp3) is 0.385. The molecule has 15 heteroatoms. The topological polar surface area (TPSA) is 262 Å². The van der Waals surface area contributed by atoms with Crippen LogP contribution in [0.5, 0.6) is 5.75 Å². The van der Waals surface area contributed by atoms with Crippen LogP contribution in [-0.4, -0.2) is 78.4 Å². The van der Waals surface area contributed by atoms with Gasteiger partial charge in [-0.1, -0.05) is 12.1 Å². The van der Waals surface area contributed by atoms with Crippen LogP contribution in [0.3, 0.4) is 0 Å². The smallest absolute Gasteiger partial charge is 0.759 e. The molecule has 1 aromatic rings. The number of carboxylic acids is 2. The standard InChI is InChI=1S/C9H13NO2.C4H6O6.Ni.H2O4S/c1-6(10)9(12)7-3-2-4-8(11)5-7;5-1(3(7)8)2(6)4(9)10;;1-5(2,3)4/h2-6,9,11-12H,10H2,1H3;1-2,5-6H,(H,7,8)(H,9,10);;(H2,1,2,3,4)/q;;+2;/p-2/t6-,9-;1-,2-;;/m01../s1. The zero-order chi connectivity index (χ0) is 21.9. The Kier molecular flexibility index (Phi) is 15.7. The van der Waals surface area contributed by atoms with Gasteiger partial charge in [0.1, 0.15) is 5.75 Å².